The average molecular weight is 373 g/mol. The SMILES string of the molecule is O=C(CCCCS(=O)(=O)N1CCCCC1)NCc1ccccc1Cl. The summed E-state index contributed by atoms with van der Waals surface area (Å²) in [6.07, 6.45) is 4.42. The molecule has 1 saturated heterocycles. The van der Waals surface area contributed by atoms with E-state index in [1.165, 1.54) is 0 Å². The van der Waals surface area contributed by atoms with Crippen LogP contribution in [0.2, 0.25) is 5.02 Å². The monoisotopic (exact) mass is 372 g/mol. The minimum absolute atomic E-state index is 0.0784. The van der Waals surface area contributed by atoms with Crippen LogP contribution in [-0.2, 0) is 21.4 Å². The van der Waals surface area contributed by atoms with E-state index in [0.29, 0.717) is 43.9 Å². The summed E-state index contributed by atoms with van der Waals surface area (Å²) < 4.78 is 26.0. The van der Waals surface area contributed by atoms with Gasteiger partial charge >= 0.3 is 0 Å². The predicted molar refractivity (Wildman–Crippen MR) is 96.4 cm³/mol. The Hall–Kier alpha value is -1.11. The minimum Gasteiger partial charge on any atom is -0.352 e. The van der Waals surface area contributed by atoms with Crippen LogP contribution >= 0.6 is 11.6 Å². The molecule has 1 N–H and O–H groups in total. The quantitative estimate of drug-likeness (QED) is 0.713. The van der Waals surface area contributed by atoms with Crippen LogP contribution in [0.3, 0.4) is 0 Å². The van der Waals surface area contributed by atoms with Crippen molar-refractivity contribution in [3.63, 3.8) is 0 Å². The number of amides is 1. The van der Waals surface area contributed by atoms with Gasteiger partial charge in [0.25, 0.3) is 0 Å². The summed E-state index contributed by atoms with van der Waals surface area (Å²) in [7, 11) is -3.16. The summed E-state index contributed by atoms with van der Waals surface area (Å²) in [5, 5.41) is 3.45. The lowest BCUT2D eigenvalue weighted by Gasteiger charge is -2.25. The van der Waals surface area contributed by atoms with Gasteiger partial charge in [-0.15, -0.1) is 0 Å². The number of halogens is 1. The highest BCUT2D eigenvalue weighted by atomic mass is 35.5. The predicted octanol–water partition coefficient (Wildman–Crippen LogP) is 2.94. The summed E-state index contributed by atoms with van der Waals surface area (Å²) in [6, 6.07) is 7.37. The molecule has 1 aromatic carbocycles. The molecule has 1 aromatic rings. The van der Waals surface area contributed by atoms with E-state index in [1.54, 1.807) is 10.4 Å². The van der Waals surface area contributed by atoms with Gasteiger partial charge in [-0.2, -0.15) is 0 Å². The van der Waals surface area contributed by atoms with Crippen LogP contribution in [0.15, 0.2) is 24.3 Å². The lowest BCUT2D eigenvalue weighted by Crippen LogP contribution is -2.37. The van der Waals surface area contributed by atoms with Gasteiger partial charge in [-0.1, -0.05) is 36.2 Å². The van der Waals surface area contributed by atoms with E-state index in [1.807, 2.05) is 18.2 Å². The number of hydrogen-bond donors (Lipinski definition) is 1. The van der Waals surface area contributed by atoms with E-state index in [-0.39, 0.29) is 11.7 Å². The molecule has 0 aromatic heterocycles. The Labute approximate surface area is 149 Å². The highest BCUT2D eigenvalue weighted by molar-refractivity contribution is 7.89. The second kappa shape index (κ2) is 9.39. The number of rotatable bonds is 8. The van der Waals surface area contributed by atoms with Gasteiger partial charge in [0.05, 0.1) is 5.75 Å². The Morgan fingerprint density at radius 3 is 2.54 bits per heavy atom. The summed E-state index contributed by atoms with van der Waals surface area (Å²) in [6.45, 7) is 1.67. The Kier molecular flexibility index (Phi) is 7.52. The third-order valence-electron chi connectivity index (χ3n) is 4.20. The fourth-order valence-corrected chi connectivity index (χ4v) is 4.61. The number of nitrogens with one attached hydrogen (secondary N) is 1. The molecule has 5 nitrogen and oxygen atoms in total. The molecule has 0 unspecified atom stereocenters. The van der Waals surface area contributed by atoms with Crippen LogP contribution in [0.5, 0.6) is 0 Å². The highest BCUT2D eigenvalue weighted by Gasteiger charge is 2.23. The number of carbonyl (C=O) groups excluding carboxylic acids is 1. The van der Waals surface area contributed by atoms with Gasteiger partial charge in [-0.05, 0) is 37.3 Å². The number of nitrogens with zero attached hydrogens (tertiary/aromatic N) is 1. The number of unbranched alkanes of at least 4 members (excludes halogenated alkanes) is 1. The van der Waals surface area contributed by atoms with E-state index in [2.05, 4.69) is 5.32 Å². The van der Waals surface area contributed by atoms with Gasteiger partial charge in [0.15, 0.2) is 0 Å². The number of benzene rings is 1. The van der Waals surface area contributed by atoms with Crippen LogP contribution in [0.1, 0.15) is 44.1 Å². The minimum atomic E-state index is -3.16. The zero-order valence-corrected chi connectivity index (χ0v) is 15.4. The lowest BCUT2D eigenvalue weighted by molar-refractivity contribution is -0.121. The molecule has 1 fully saturated rings. The molecule has 0 saturated carbocycles. The van der Waals surface area contributed by atoms with Crippen LogP contribution in [-0.4, -0.2) is 37.5 Å². The molecule has 1 aliphatic heterocycles. The van der Waals surface area contributed by atoms with Crippen molar-refractivity contribution < 1.29 is 13.2 Å². The summed E-state index contributed by atoms with van der Waals surface area (Å²) in [4.78, 5) is 11.8. The van der Waals surface area contributed by atoms with Gasteiger partial charge in [0.2, 0.25) is 15.9 Å². The molecule has 2 rings (SSSR count). The van der Waals surface area contributed by atoms with Crippen molar-refractivity contribution in [3.05, 3.63) is 34.9 Å². The molecular formula is C17H25ClN2O3S. The van der Waals surface area contributed by atoms with E-state index >= 15 is 0 Å². The summed E-state index contributed by atoms with van der Waals surface area (Å²) in [5.74, 6) is 0.0513. The summed E-state index contributed by atoms with van der Waals surface area (Å²) in [5.41, 5.74) is 0.875. The second-order valence-corrected chi connectivity index (χ2v) is 8.60. The van der Waals surface area contributed by atoms with Crippen molar-refractivity contribution in [3.8, 4) is 0 Å². The molecule has 1 amide bonds. The van der Waals surface area contributed by atoms with Crippen molar-refractivity contribution in [1.82, 2.24) is 9.62 Å². The molecule has 134 valence electrons. The van der Waals surface area contributed by atoms with E-state index in [9.17, 15) is 13.2 Å². The van der Waals surface area contributed by atoms with Crippen molar-refractivity contribution in [2.45, 2.75) is 45.1 Å². The maximum absolute atomic E-state index is 12.2. The van der Waals surface area contributed by atoms with Gasteiger partial charge in [0.1, 0.15) is 0 Å². The van der Waals surface area contributed by atoms with Gasteiger partial charge in [0, 0.05) is 31.1 Å². The van der Waals surface area contributed by atoms with Gasteiger partial charge < -0.3 is 5.32 Å². The lowest BCUT2D eigenvalue weighted by atomic mass is 10.2. The van der Waals surface area contributed by atoms with E-state index in [0.717, 1.165) is 24.8 Å². The third kappa shape index (κ3) is 6.07. The second-order valence-electron chi connectivity index (χ2n) is 6.10. The average Bonchev–Trinajstić information content (AvgIpc) is 2.59. The fourth-order valence-electron chi connectivity index (χ4n) is 2.77. The standard InChI is InChI=1S/C17H25ClN2O3S/c18-16-9-3-2-8-15(16)14-19-17(21)10-4-7-13-24(22,23)20-11-5-1-6-12-20/h2-3,8-9H,1,4-7,10-14H2,(H,19,21). The smallest absolute Gasteiger partial charge is 0.220 e. The first-order chi connectivity index (χ1) is 11.5. The van der Waals surface area contributed by atoms with Gasteiger partial charge in [-0.25, -0.2) is 12.7 Å². The maximum Gasteiger partial charge on any atom is 0.220 e. The summed E-state index contributed by atoms with van der Waals surface area (Å²) >= 11 is 6.04. The molecule has 1 aliphatic rings. The van der Waals surface area contributed by atoms with E-state index in [4.69, 9.17) is 11.6 Å². The van der Waals surface area contributed by atoms with Crippen molar-refractivity contribution >= 4 is 27.5 Å². The topological polar surface area (TPSA) is 66.5 Å². The molecule has 0 atom stereocenters. The molecule has 0 aliphatic carbocycles. The van der Waals surface area contributed by atoms with E-state index < -0.39 is 10.0 Å². The first-order valence-electron chi connectivity index (χ1n) is 8.47. The van der Waals surface area contributed by atoms with Crippen molar-refractivity contribution in [2.24, 2.45) is 0 Å². The van der Waals surface area contributed by atoms with Crippen LogP contribution in [0.4, 0.5) is 0 Å². The number of hydrogen-bond acceptors (Lipinski definition) is 3. The number of piperidine rings is 1. The largest absolute Gasteiger partial charge is 0.352 e. The normalized spacial score (nSPS) is 16.0. The zero-order chi connectivity index (χ0) is 17.4. The third-order valence-corrected chi connectivity index (χ3v) is 6.52. The van der Waals surface area contributed by atoms with Crippen molar-refractivity contribution in [2.75, 3.05) is 18.8 Å². The van der Waals surface area contributed by atoms with Crippen LogP contribution < -0.4 is 5.32 Å². The molecule has 7 heteroatoms. The maximum atomic E-state index is 12.2. The van der Waals surface area contributed by atoms with Crippen LogP contribution in [0, 0.1) is 0 Å². The Morgan fingerprint density at radius 1 is 1.12 bits per heavy atom. The van der Waals surface area contributed by atoms with Gasteiger partial charge in [-0.3, -0.25) is 4.79 Å². The highest BCUT2D eigenvalue weighted by Crippen LogP contribution is 2.16. The first kappa shape index (κ1) is 19.2. The number of carbonyl (C=O) groups is 1. The molecule has 0 spiro atoms. The zero-order valence-electron chi connectivity index (χ0n) is 13.8. The Bertz CT molecular complexity index is 643. The molecular weight excluding hydrogens is 348 g/mol. The van der Waals surface area contributed by atoms with Crippen LogP contribution in [0.25, 0.3) is 0 Å². The molecule has 1 heterocycles. The Morgan fingerprint density at radius 2 is 1.83 bits per heavy atom. The molecule has 0 bridgehead atoms. The molecule has 0 radical (unpaired) electrons. The number of sulfonamides is 1. The Balaban J connectivity index is 1.64. The first-order valence-corrected chi connectivity index (χ1v) is 10.5. The molecule has 24 heavy (non-hydrogen) atoms. The fraction of sp³-hybridized carbons (Fsp3) is 0.588. The van der Waals surface area contributed by atoms with Crippen molar-refractivity contribution in [1.29, 1.82) is 0 Å².